The molecule has 1 heteroatoms. The SMILES string of the molecule is CCC(C)(C)NCCC1CCCC1. The molecule has 0 bridgehead atoms. The normalized spacial score (nSPS) is 19.6. The van der Waals surface area contributed by atoms with Crippen LogP contribution in [0.25, 0.3) is 0 Å². The molecule has 0 aromatic rings. The smallest absolute Gasteiger partial charge is 0.0122 e. The molecule has 1 nitrogen and oxygen atoms in total. The summed E-state index contributed by atoms with van der Waals surface area (Å²) in [4.78, 5) is 0. The monoisotopic (exact) mass is 183 g/mol. The van der Waals surface area contributed by atoms with Crippen LogP contribution in [0.2, 0.25) is 0 Å². The zero-order valence-electron chi connectivity index (χ0n) is 9.53. The molecule has 1 aliphatic carbocycles. The van der Waals surface area contributed by atoms with Crippen LogP contribution in [0, 0.1) is 5.92 Å². The molecule has 0 unspecified atom stereocenters. The molecule has 0 aromatic heterocycles. The van der Waals surface area contributed by atoms with Crippen molar-refractivity contribution in [3.8, 4) is 0 Å². The van der Waals surface area contributed by atoms with Crippen molar-refractivity contribution in [1.29, 1.82) is 0 Å². The molecule has 78 valence electrons. The van der Waals surface area contributed by atoms with E-state index in [0.717, 1.165) is 5.92 Å². The predicted octanol–water partition coefficient (Wildman–Crippen LogP) is 3.34. The van der Waals surface area contributed by atoms with E-state index in [0.29, 0.717) is 5.54 Å². The fourth-order valence-electron chi connectivity index (χ4n) is 2.04. The van der Waals surface area contributed by atoms with Crippen molar-refractivity contribution in [1.82, 2.24) is 5.32 Å². The van der Waals surface area contributed by atoms with Gasteiger partial charge in [-0.25, -0.2) is 0 Å². The van der Waals surface area contributed by atoms with E-state index in [9.17, 15) is 0 Å². The van der Waals surface area contributed by atoms with Crippen molar-refractivity contribution in [2.45, 2.75) is 64.8 Å². The van der Waals surface area contributed by atoms with Crippen molar-refractivity contribution < 1.29 is 0 Å². The molecular weight excluding hydrogens is 158 g/mol. The standard InChI is InChI=1S/C12H25N/c1-4-12(2,3)13-10-9-11-7-5-6-8-11/h11,13H,4-10H2,1-3H3. The second kappa shape index (κ2) is 4.99. The van der Waals surface area contributed by atoms with Crippen LogP contribution in [0.5, 0.6) is 0 Å². The third-order valence-electron chi connectivity index (χ3n) is 3.51. The van der Waals surface area contributed by atoms with Gasteiger partial charge in [0, 0.05) is 5.54 Å². The van der Waals surface area contributed by atoms with Crippen LogP contribution in [0.1, 0.15) is 59.3 Å². The minimum atomic E-state index is 0.346. The summed E-state index contributed by atoms with van der Waals surface area (Å²) in [7, 11) is 0. The van der Waals surface area contributed by atoms with Gasteiger partial charge < -0.3 is 5.32 Å². The third kappa shape index (κ3) is 4.12. The molecule has 1 aliphatic rings. The van der Waals surface area contributed by atoms with Crippen molar-refractivity contribution >= 4 is 0 Å². The molecule has 0 aliphatic heterocycles. The summed E-state index contributed by atoms with van der Waals surface area (Å²) >= 11 is 0. The van der Waals surface area contributed by atoms with E-state index in [2.05, 4.69) is 26.1 Å². The Kier molecular flexibility index (Phi) is 4.24. The Morgan fingerprint density at radius 2 is 1.85 bits per heavy atom. The molecule has 0 heterocycles. The van der Waals surface area contributed by atoms with E-state index >= 15 is 0 Å². The van der Waals surface area contributed by atoms with Gasteiger partial charge in [-0.15, -0.1) is 0 Å². The lowest BCUT2D eigenvalue weighted by Gasteiger charge is -2.25. The number of hydrogen-bond acceptors (Lipinski definition) is 1. The molecule has 0 atom stereocenters. The zero-order valence-corrected chi connectivity index (χ0v) is 9.53. The van der Waals surface area contributed by atoms with Crippen LogP contribution in [0.15, 0.2) is 0 Å². The fourth-order valence-corrected chi connectivity index (χ4v) is 2.04. The Labute approximate surface area is 83.3 Å². The van der Waals surface area contributed by atoms with Gasteiger partial charge in [0.25, 0.3) is 0 Å². The van der Waals surface area contributed by atoms with Crippen LogP contribution in [-0.2, 0) is 0 Å². The van der Waals surface area contributed by atoms with Crippen LogP contribution in [0.3, 0.4) is 0 Å². The maximum absolute atomic E-state index is 3.64. The molecule has 1 rings (SSSR count). The minimum absolute atomic E-state index is 0.346. The molecule has 1 N–H and O–H groups in total. The maximum Gasteiger partial charge on any atom is 0.0122 e. The Morgan fingerprint density at radius 1 is 1.23 bits per heavy atom. The van der Waals surface area contributed by atoms with Gasteiger partial charge >= 0.3 is 0 Å². The largest absolute Gasteiger partial charge is 0.312 e. The lowest BCUT2D eigenvalue weighted by Crippen LogP contribution is -2.39. The van der Waals surface area contributed by atoms with Crippen molar-refractivity contribution in [3.63, 3.8) is 0 Å². The van der Waals surface area contributed by atoms with E-state index in [1.165, 1.54) is 45.1 Å². The maximum atomic E-state index is 3.64. The van der Waals surface area contributed by atoms with E-state index in [1.54, 1.807) is 0 Å². The fraction of sp³-hybridized carbons (Fsp3) is 1.00. The second-order valence-corrected chi connectivity index (χ2v) is 5.10. The average molecular weight is 183 g/mol. The molecule has 1 fully saturated rings. The highest BCUT2D eigenvalue weighted by Gasteiger charge is 2.17. The van der Waals surface area contributed by atoms with Gasteiger partial charge in [-0.05, 0) is 39.2 Å². The molecule has 0 amide bonds. The Morgan fingerprint density at radius 3 is 2.38 bits per heavy atom. The summed E-state index contributed by atoms with van der Waals surface area (Å²) in [6.07, 6.45) is 8.52. The highest BCUT2D eigenvalue weighted by Crippen LogP contribution is 2.27. The van der Waals surface area contributed by atoms with E-state index < -0.39 is 0 Å². The van der Waals surface area contributed by atoms with Crippen molar-refractivity contribution in [2.24, 2.45) is 5.92 Å². The number of hydrogen-bond donors (Lipinski definition) is 1. The topological polar surface area (TPSA) is 12.0 Å². The van der Waals surface area contributed by atoms with Gasteiger partial charge in [0.1, 0.15) is 0 Å². The van der Waals surface area contributed by atoms with Gasteiger partial charge in [-0.1, -0.05) is 32.6 Å². The average Bonchev–Trinajstić information content (AvgIpc) is 2.57. The van der Waals surface area contributed by atoms with Crippen LogP contribution < -0.4 is 5.32 Å². The summed E-state index contributed by atoms with van der Waals surface area (Å²) in [5, 5.41) is 3.64. The van der Waals surface area contributed by atoms with E-state index in [4.69, 9.17) is 0 Å². The summed E-state index contributed by atoms with van der Waals surface area (Å²) < 4.78 is 0. The molecule has 0 saturated heterocycles. The molecule has 0 radical (unpaired) electrons. The zero-order chi connectivity index (χ0) is 9.73. The molecular formula is C12H25N. The Hall–Kier alpha value is -0.0400. The molecule has 13 heavy (non-hydrogen) atoms. The summed E-state index contributed by atoms with van der Waals surface area (Å²) in [5.74, 6) is 1.03. The van der Waals surface area contributed by atoms with Crippen LogP contribution in [0.4, 0.5) is 0 Å². The van der Waals surface area contributed by atoms with Gasteiger partial charge in [0.15, 0.2) is 0 Å². The molecule has 0 spiro atoms. The quantitative estimate of drug-likeness (QED) is 0.689. The van der Waals surface area contributed by atoms with E-state index in [-0.39, 0.29) is 0 Å². The highest BCUT2D eigenvalue weighted by molar-refractivity contribution is 4.76. The van der Waals surface area contributed by atoms with Gasteiger partial charge in [-0.2, -0.15) is 0 Å². The number of nitrogens with one attached hydrogen (secondary N) is 1. The highest BCUT2D eigenvalue weighted by atomic mass is 14.9. The van der Waals surface area contributed by atoms with Crippen molar-refractivity contribution in [2.75, 3.05) is 6.54 Å². The van der Waals surface area contributed by atoms with Gasteiger partial charge in [-0.3, -0.25) is 0 Å². The van der Waals surface area contributed by atoms with Crippen LogP contribution >= 0.6 is 0 Å². The summed E-state index contributed by atoms with van der Waals surface area (Å²) in [6, 6.07) is 0. The first-order valence-corrected chi connectivity index (χ1v) is 5.89. The molecule has 0 aromatic carbocycles. The van der Waals surface area contributed by atoms with Crippen LogP contribution in [-0.4, -0.2) is 12.1 Å². The van der Waals surface area contributed by atoms with Gasteiger partial charge in [0.05, 0.1) is 0 Å². The lowest BCUT2D eigenvalue weighted by atomic mass is 10.00. The first-order valence-electron chi connectivity index (χ1n) is 5.89. The summed E-state index contributed by atoms with van der Waals surface area (Å²) in [5.41, 5.74) is 0.346. The predicted molar refractivity (Wildman–Crippen MR) is 58.9 cm³/mol. The Bertz CT molecular complexity index is 134. The summed E-state index contributed by atoms with van der Waals surface area (Å²) in [6.45, 7) is 8.05. The minimum Gasteiger partial charge on any atom is -0.312 e. The number of rotatable bonds is 5. The first kappa shape index (κ1) is 11.0. The Balaban J connectivity index is 2.06. The molecule has 1 saturated carbocycles. The second-order valence-electron chi connectivity index (χ2n) is 5.10. The lowest BCUT2D eigenvalue weighted by molar-refractivity contribution is 0.353. The van der Waals surface area contributed by atoms with Gasteiger partial charge in [0.2, 0.25) is 0 Å². The third-order valence-corrected chi connectivity index (χ3v) is 3.51. The van der Waals surface area contributed by atoms with Crippen molar-refractivity contribution in [3.05, 3.63) is 0 Å². The first-order chi connectivity index (χ1) is 6.14. The van der Waals surface area contributed by atoms with E-state index in [1.807, 2.05) is 0 Å².